The van der Waals surface area contributed by atoms with Gasteiger partial charge in [-0.15, -0.1) is 0 Å². The van der Waals surface area contributed by atoms with Gasteiger partial charge in [0, 0.05) is 59.5 Å². The van der Waals surface area contributed by atoms with E-state index in [1.54, 1.807) is 6.07 Å². The topological polar surface area (TPSA) is 114 Å². The highest BCUT2D eigenvalue weighted by Gasteiger charge is 2.18. The van der Waals surface area contributed by atoms with Crippen LogP contribution in [0.4, 0.5) is 15.3 Å². The van der Waals surface area contributed by atoms with Gasteiger partial charge in [0.25, 0.3) is 0 Å². The normalized spacial score (nSPS) is 11.4. The van der Waals surface area contributed by atoms with E-state index in [2.05, 4.69) is 0 Å². The van der Waals surface area contributed by atoms with Crippen LogP contribution in [0.15, 0.2) is 109 Å². The van der Waals surface area contributed by atoms with Gasteiger partial charge < -0.3 is 33.7 Å². The zero-order chi connectivity index (χ0) is 34.6. The molecular formula is C39H35N3O8. The van der Waals surface area contributed by atoms with E-state index in [-0.39, 0.29) is 20.4 Å². The van der Waals surface area contributed by atoms with Crippen molar-refractivity contribution in [1.29, 1.82) is 0 Å². The van der Waals surface area contributed by atoms with Crippen LogP contribution in [0.3, 0.4) is 0 Å². The molecule has 7 aromatic rings. The van der Waals surface area contributed by atoms with E-state index >= 15 is 0 Å². The summed E-state index contributed by atoms with van der Waals surface area (Å²) in [6, 6.07) is 34.0. The number of carboxylic acid groups (broad SMARTS) is 1. The van der Waals surface area contributed by atoms with E-state index in [1.807, 2.05) is 122 Å². The number of hydrogen-bond acceptors (Lipinski definition) is 8. The van der Waals surface area contributed by atoms with Gasteiger partial charge in [-0.1, -0.05) is 72.8 Å². The molecule has 50 heavy (non-hydrogen) atoms. The molecule has 254 valence electrons. The number of aromatic nitrogens is 2. The molecule has 11 heteroatoms. The summed E-state index contributed by atoms with van der Waals surface area (Å²) in [5.41, 5.74) is 4.53. The molecule has 0 aliphatic heterocycles. The average molecular weight is 674 g/mol. The number of nitrogens with zero attached hydrogens (tertiary/aromatic N) is 3. The maximum atomic E-state index is 13.1. The molecule has 0 spiro atoms. The first-order chi connectivity index (χ1) is 24.4. The zero-order valence-corrected chi connectivity index (χ0v) is 27.6. The summed E-state index contributed by atoms with van der Waals surface area (Å²) in [7, 11) is 3.81. The van der Waals surface area contributed by atoms with E-state index in [0.29, 0.717) is 35.6 Å². The van der Waals surface area contributed by atoms with E-state index in [1.165, 1.54) is 9.13 Å². The summed E-state index contributed by atoms with van der Waals surface area (Å²) >= 11 is 0. The zero-order valence-electron chi connectivity index (χ0n) is 27.6. The van der Waals surface area contributed by atoms with Crippen molar-refractivity contribution in [2.24, 2.45) is 0 Å². The first kappa shape index (κ1) is 32.5. The number of carbonyl (C=O) groups is 2. The molecule has 0 bridgehead atoms. The fourth-order valence-electron chi connectivity index (χ4n) is 6.24. The van der Waals surface area contributed by atoms with E-state index in [4.69, 9.17) is 23.7 Å². The summed E-state index contributed by atoms with van der Waals surface area (Å²) in [5.74, 6) is 1.02. The lowest BCUT2D eigenvalue weighted by molar-refractivity contribution is -0.0700. The lowest BCUT2D eigenvalue weighted by atomic mass is 10.1. The molecule has 7 rings (SSSR count). The molecule has 0 aliphatic rings. The summed E-state index contributed by atoms with van der Waals surface area (Å²) in [6.45, 7) is -0.168. The van der Waals surface area contributed by atoms with Crippen LogP contribution < -0.4 is 14.4 Å². The fraction of sp³-hybridized carbons (Fsp3) is 0.179. The van der Waals surface area contributed by atoms with Crippen LogP contribution in [-0.2, 0) is 20.6 Å². The predicted molar refractivity (Wildman–Crippen MR) is 192 cm³/mol. The van der Waals surface area contributed by atoms with Gasteiger partial charge in [-0.2, -0.15) is 0 Å². The maximum absolute atomic E-state index is 13.1. The second kappa shape index (κ2) is 14.2. The van der Waals surface area contributed by atoms with Crippen LogP contribution in [0.25, 0.3) is 43.6 Å². The highest BCUT2D eigenvalue weighted by atomic mass is 16.7. The van der Waals surface area contributed by atoms with Gasteiger partial charge in [0.05, 0.1) is 28.7 Å². The Morgan fingerprint density at radius 3 is 1.78 bits per heavy atom. The van der Waals surface area contributed by atoms with Gasteiger partial charge in [0.1, 0.15) is 11.5 Å². The number of para-hydroxylation sites is 4. The highest BCUT2D eigenvalue weighted by Crippen LogP contribution is 2.32. The van der Waals surface area contributed by atoms with Gasteiger partial charge in [-0.05, 0) is 30.2 Å². The number of anilines is 1. The minimum atomic E-state index is -1.03. The summed E-state index contributed by atoms with van der Waals surface area (Å²) in [5, 5.41) is 13.7. The molecular weight excluding hydrogens is 638 g/mol. The van der Waals surface area contributed by atoms with Gasteiger partial charge in [0.2, 0.25) is 0 Å². The lowest BCUT2D eigenvalue weighted by Gasteiger charge is -2.17. The molecule has 0 atom stereocenters. The summed E-state index contributed by atoms with van der Waals surface area (Å²) in [6.07, 6.45) is -1.08. The minimum Gasteiger partial charge on any atom is -0.467 e. The van der Waals surface area contributed by atoms with Gasteiger partial charge in [0.15, 0.2) is 20.4 Å². The third kappa shape index (κ3) is 6.39. The molecule has 0 unspecified atom stereocenters. The third-order valence-electron chi connectivity index (χ3n) is 8.51. The van der Waals surface area contributed by atoms with E-state index in [9.17, 15) is 14.7 Å². The third-order valence-corrected chi connectivity index (χ3v) is 8.51. The quantitative estimate of drug-likeness (QED) is 0.102. The lowest BCUT2D eigenvalue weighted by Crippen LogP contribution is -2.17. The molecule has 0 radical (unpaired) electrons. The molecule has 2 aromatic heterocycles. The molecule has 2 heterocycles. The largest absolute Gasteiger partial charge is 0.467 e. The number of rotatable bonds is 12. The Bertz CT molecular complexity index is 2290. The van der Waals surface area contributed by atoms with E-state index < -0.39 is 12.2 Å². The van der Waals surface area contributed by atoms with Gasteiger partial charge in [-0.3, -0.25) is 0 Å². The minimum absolute atomic E-state index is 0.0244. The number of hydrogen-bond donors (Lipinski definition) is 1. The van der Waals surface area contributed by atoms with Crippen molar-refractivity contribution < 1.29 is 38.4 Å². The van der Waals surface area contributed by atoms with Crippen molar-refractivity contribution in [1.82, 2.24) is 9.13 Å². The monoisotopic (exact) mass is 673 g/mol. The predicted octanol–water partition coefficient (Wildman–Crippen LogP) is 8.09. The number of fused-ring (bicyclic) bond motifs is 6. The number of carbonyl (C=O) groups excluding carboxylic acids is 1. The number of benzene rings is 5. The Morgan fingerprint density at radius 2 is 1.18 bits per heavy atom. The van der Waals surface area contributed by atoms with Crippen LogP contribution in [0.1, 0.15) is 5.56 Å². The first-order valence-corrected chi connectivity index (χ1v) is 16.0. The summed E-state index contributed by atoms with van der Waals surface area (Å²) < 4.78 is 31.3. The molecule has 0 amide bonds. The van der Waals surface area contributed by atoms with Crippen LogP contribution in [0.2, 0.25) is 0 Å². The average Bonchev–Trinajstić information content (AvgIpc) is 3.65. The second-order valence-electron chi connectivity index (χ2n) is 11.8. The molecule has 0 saturated carbocycles. The first-order valence-electron chi connectivity index (χ1n) is 16.0. The van der Waals surface area contributed by atoms with Crippen molar-refractivity contribution in [2.45, 2.75) is 6.42 Å². The highest BCUT2D eigenvalue weighted by molar-refractivity contribution is 6.13. The standard InChI is InChI=1S/C39H35N3O8/c1-40(2)27-20-28(48-23-46-19-18-26-10-9-14-33-32-13-5-8-17-36(32)42(37(26)33)38(43)44)22-29(21-27)49-24-47-25-50-39(45)41-34-15-6-3-11-30(34)31-12-4-7-16-35(31)41/h3-17,20-22H,18-19,23-25H2,1-2H3,(H,43,44). The van der Waals surface area contributed by atoms with Crippen LogP contribution in [0.5, 0.6) is 11.5 Å². The summed E-state index contributed by atoms with van der Waals surface area (Å²) in [4.78, 5) is 27.2. The smallest absolute Gasteiger partial charge is 0.421 e. The Morgan fingerprint density at radius 1 is 0.640 bits per heavy atom. The maximum Gasteiger partial charge on any atom is 0.421 e. The Kier molecular flexibility index (Phi) is 9.24. The van der Waals surface area contributed by atoms with Crippen LogP contribution >= 0.6 is 0 Å². The number of ether oxygens (including phenoxy) is 5. The van der Waals surface area contributed by atoms with Crippen molar-refractivity contribution in [3.8, 4) is 11.5 Å². The Labute approximate surface area is 287 Å². The molecule has 0 aliphatic carbocycles. The van der Waals surface area contributed by atoms with Crippen molar-refractivity contribution >= 4 is 61.5 Å². The Balaban J connectivity index is 0.931. The fourth-order valence-corrected chi connectivity index (χ4v) is 6.24. The van der Waals surface area contributed by atoms with Crippen molar-refractivity contribution in [3.63, 3.8) is 0 Å². The SMILES string of the molecule is CN(C)c1cc(OCOCCc2cccc3c4ccccc4n(C(=O)O)c23)cc(OCOCOC(=O)n2c3ccccc3c3ccccc32)c1. The Hall–Kier alpha value is -6.04. The van der Waals surface area contributed by atoms with Crippen LogP contribution in [0, 0.1) is 0 Å². The molecule has 0 fully saturated rings. The van der Waals surface area contributed by atoms with Gasteiger partial charge >= 0.3 is 12.2 Å². The molecule has 11 nitrogen and oxygen atoms in total. The van der Waals surface area contributed by atoms with Crippen LogP contribution in [-0.4, -0.2) is 67.5 Å². The second-order valence-corrected chi connectivity index (χ2v) is 11.8. The molecule has 0 saturated heterocycles. The van der Waals surface area contributed by atoms with Crippen molar-refractivity contribution in [3.05, 3.63) is 115 Å². The molecule has 5 aromatic carbocycles. The molecule has 1 N–H and O–H groups in total. The van der Waals surface area contributed by atoms with Gasteiger partial charge in [-0.25, -0.2) is 18.7 Å². The van der Waals surface area contributed by atoms with Crippen molar-refractivity contribution in [2.75, 3.05) is 46.0 Å². The van der Waals surface area contributed by atoms with E-state index in [0.717, 1.165) is 43.8 Å².